The van der Waals surface area contributed by atoms with Gasteiger partial charge in [0, 0.05) is 23.1 Å². The highest BCUT2D eigenvalue weighted by atomic mass is 79.9. The highest BCUT2D eigenvalue weighted by Gasteiger charge is 2.09. The summed E-state index contributed by atoms with van der Waals surface area (Å²) in [6, 6.07) is 5.31. The van der Waals surface area contributed by atoms with Crippen LogP contribution in [0.1, 0.15) is 36.5 Å². The largest absolute Gasteiger partial charge is 0.481 e. The fourth-order valence-corrected chi connectivity index (χ4v) is 2.20. The Morgan fingerprint density at radius 3 is 2.70 bits per heavy atom. The van der Waals surface area contributed by atoms with Crippen molar-refractivity contribution in [3.05, 3.63) is 28.2 Å². The lowest BCUT2D eigenvalue weighted by molar-refractivity contribution is -0.137. The average Bonchev–Trinajstić information content (AvgIpc) is 2.37. The summed E-state index contributed by atoms with van der Waals surface area (Å²) in [4.78, 5) is 21.8. The van der Waals surface area contributed by atoms with Crippen molar-refractivity contribution in [2.24, 2.45) is 11.7 Å². The zero-order valence-corrected chi connectivity index (χ0v) is 12.9. The average molecular weight is 343 g/mol. The Morgan fingerprint density at radius 1 is 1.40 bits per heavy atom. The van der Waals surface area contributed by atoms with Crippen LogP contribution in [0.15, 0.2) is 22.7 Å². The maximum Gasteiger partial charge on any atom is 0.303 e. The van der Waals surface area contributed by atoms with Gasteiger partial charge in [-0.05, 0) is 37.0 Å². The molecule has 0 spiro atoms. The summed E-state index contributed by atoms with van der Waals surface area (Å²) >= 11 is 3.30. The molecule has 110 valence electrons. The third kappa shape index (κ3) is 5.61. The fourth-order valence-electron chi connectivity index (χ4n) is 1.84. The van der Waals surface area contributed by atoms with Crippen LogP contribution in [-0.2, 0) is 4.79 Å². The smallest absolute Gasteiger partial charge is 0.303 e. The molecule has 1 unspecified atom stereocenters. The van der Waals surface area contributed by atoms with Gasteiger partial charge in [0.05, 0.1) is 5.56 Å². The number of carboxylic acid groups (broad SMARTS) is 1. The topological polar surface area (TPSA) is 92.4 Å². The van der Waals surface area contributed by atoms with Gasteiger partial charge in [0.15, 0.2) is 0 Å². The molecule has 1 aromatic carbocycles. The molecule has 0 saturated carbocycles. The van der Waals surface area contributed by atoms with Crippen LogP contribution in [0.25, 0.3) is 0 Å². The third-order valence-corrected chi connectivity index (χ3v) is 3.54. The van der Waals surface area contributed by atoms with Crippen LogP contribution >= 0.6 is 15.9 Å². The molecule has 0 aliphatic rings. The van der Waals surface area contributed by atoms with Crippen LogP contribution < -0.4 is 11.1 Å². The predicted octanol–water partition coefficient (Wildman–Crippen LogP) is 2.85. The van der Waals surface area contributed by atoms with Crippen molar-refractivity contribution in [3.63, 3.8) is 0 Å². The maximum atomic E-state index is 11.3. The molecule has 1 rings (SSSR count). The molecule has 0 radical (unpaired) electrons. The van der Waals surface area contributed by atoms with Crippen molar-refractivity contribution in [3.8, 4) is 0 Å². The Hall–Kier alpha value is -1.56. The van der Waals surface area contributed by atoms with E-state index in [0.29, 0.717) is 30.1 Å². The monoisotopic (exact) mass is 342 g/mol. The van der Waals surface area contributed by atoms with Crippen LogP contribution in [0.3, 0.4) is 0 Å². The van der Waals surface area contributed by atoms with E-state index in [1.165, 1.54) is 0 Å². The highest BCUT2D eigenvalue weighted by molar-refractivity contribution is 9.10. The van der Waals surface area contributed by atoms with Gasteiger partial charge in [-0.25, -0.2) is 0 Å². The van der Waals surface area contributed by atoms with Gasteiger partial charge in [-0.2, -0.15) is 0 Å². The van der Waals surface area contributed by atoms with Gasteiger partial charge in [0.25, 0.3) is 5.91 Å². The number of nitrogens with one attached hydrogen (secondary N) is 1. The number of nitrogens with two attached hydrogens (primary N) is 1. The number of carbonyl (C=O) groups is 2. The minimum Gasteiger partial charge on any atom is -0.481 e. The Bertz CT molecular complexity index is 491. The van der Waals surface area contributed by atoms with Gasteiger partial charge in [-0.3, -0.25) is 9.59 Å². The molecular weight excluding hydrogens is 324 g/mol. The lowest BCUT2D eigenvalue weighted by Crippen LogP contribution is -2.16. The van der Waals surface area contributed by atoms with Gasteiger partial charge in [-0.15, -0.1) is 0 Å². The molecule has 0 aliphatic carbocycles. The fraction of sp³-hybridized carbons (Fsp3) is 0.429. The van der Waals surface area contributed by atoms with Crippen LogP contribution in [-0.4, -0.2) is 23.5 Å². The SMILES string of the molecule is CC(CCNc1ccc(Br)cc1C(N)=O)CCC(=O)O. The van der Waals surface area contributed by atoms with Crippen LogP contribution in [0, 0.1) is 5.92 Å². The molecule has 0 aliphatic heterocycles. The van der Waals surface area contributed by atoms with E-state index in [9.17, 15) is 9.59 Å². The number of aliphatic carboxylic acids is 1. The number of primary amides is 1. The van der Waals surface area contributed by atoms with Crippen molar-refractivity contribution in [1.82, 2.24) is 0 Å². The zero-order chi connectivity index (χ0) is 15.1. The summed E-state index contributed by atoms with van der Waals surface area (Å²) in [6.45, 7) is 2.68. The highest BCUT2D eigenvalue weighted by Crippen LogP contribution is 2.21. The number of anilines is 1. The standard InChI is InChI=1S/C14H19BrN2O3/c1-9(2-5-13(18)19)6-7-17-12-4-3-10(15)8-11(12)14(16)20/h3-4,8-9,17H,2,5-7H2,1H3,(H2,16,20)(H,18,19). The number of carboxylic acids is 1. The molecule has 0 aromatic heterocycles. The van der Waals surface area contributed by atoms with Crippen LogP contribution in [0.2, 0.25) is 0 Å². The first kappa shape index (κ1) is 16.5. The summed E-state index contributed by atoms with van der Waals surface area (Å²) in [5, 5.41) is 11.8. The van der Waals surface area contributed by atoms with E-state index in [2.05, 4.69) is 21.2 Å². The first-order valence-electron chi connectivity index (χ1n) is 6.45. The van der Waals surface area contributed by atoms with Crippen molar-refractivity contribution < 1.29 is 14.7 Å². The van der Waals surface area contributed by atoms with E-state index >= 15 is 0 Å². The van der Waals surface area contributed by atoms with E-state index in [0.717, 1.165) is 10.9 Å². The van der Waals surface area contributed by atoms with Crippen molar-refractivity contribution >= 4 is 33.5 Å². The zero-order valence-electron chi connectivity index (χ0n) is 11.4. The van der Waals surface area contributed by atoms with Crippen LogP contribution in [0.4, 0.5) is 5.69 Å². The molecule has 5 nitrogen and oxygen atoms in total. The molecule has 1 atom stereocenters. The van der Waals surface area contributed by atoms with Crippen molar-refractivity contribution in [2.45, 2.75) is 26.2 Å². The number of amides is 1. The lowest BCUT2D eigenvalue weighted by atomic mass is 10.0. The molecule has 0 bridgehead atoms. The minimum absolute atomic E-state index is 0.186. The minimum atomic E-state index is -0.770. The summed E-state index contributed by atoms with van der Waals surface area (Å²) in [5.74, 6) is -0.937. The number of rotatable bonds is 8. The molecule has 0 heterocycles. The number of hydrogen-bond acceptors (Lipinski definition) is 3. The number of halogens is 1. The quantitative estimate of drug-likeness (QED) is 0.677. The van der Waals surface area contributed by atoms with E-state index in [4.69, 9.17) is 10.8 Å². The van der Waals surface area contributed by atoms with Gasteiger partial charge in [0.1, 0.15) is 0 Å². The van der Waals surface area contributed by atoms with E-state index < -0.39 is 11.9 Å². The van der Waals surface area contributed by atoms with E-state index in [-0.39, 0.29) is 6.42 Å². The summed E-state index contributed by atoms with van der Waals surface area (Å²) in [5.41, 5.74) is 6.47. The second kappa shape index (κ2) is 7.89. The lowest BCUT2D eigenvalue weighted by Gasteiger charge is -2.13. The molecule has 4 N–H and O–H groups in total. The molecular formula is C14H19BrN2O3. The summed E-state index contributed by atoms with van der Waals surface area (Å²) in [6.07, 6.45) is 1.67. The number of hydrogen-bond donors (Lipinski definition) is 3. The molecule has 20 heavy (non-hydrogen) atoms. The van der Waals surface area contributed by atoms with E-state index in [1.807, 2.05) is 13.0 Å². The Morgan fingerprint density at radius 2 is 2.10 bits per heavy atom. The summed E-state index contributed by atoms with van der Waals surface area (Å²) < 4.78 is 0.798. The van der Waals surface area contributed by atoms with Crippen molar-refractivity contribution in [2.75, 3.05) is 11.9 Å². The van der Waals surface area contributed by atoms with Gasteiger partial charge < -0.3 is 16.2 Å². The number of benzene rings is 1. The second-order valence-electron chi connectivity index (χ2n) is 4.81. The third-order valence-electron chi connectivity index (χ3n) is 3.05. The predicted molar refractivity (Wildman–Crippen MR) is 81.8 cm³/mol. The molecule has 6 heteroatoms. The van der Waals surface area contributed by atoms with Crippen LogP contribution in [0.5, 0.6) is 0 Å². The number of carbonyl (C=O) groups excluding carboxylic acids is 1. The van der Waals surface area contributed by atoms with Gasteiger partial charge >= 0.3 is 5.97 Å². The van der Waals surface area contributed by atoms with Gasteiger partial charge in [-0.1, -0.05) is 22.9 Å². The molecule has 0 saturated heterocycles. The first-order valence-corrected chi connectivity index (χ1v) is 7.24. The summed E-state index contributed by atoms with van der Waals surface area (Å²) in [7, 11) is 0. The van der Waals surface area contributed by atoms with E-state index in [1.54, 1.807) is 12.1 Å². The molecule has 0 fully saturated rings. The Balaban J connectivity index is 2.49. The molecule has 1 amide bonds. The maximum absolute atomic E-state index is 11.3. The molecule has 1 aromatic rings. The normalized spacial score (nSPS) is 11.9. The second-order valence-corrected chi connectivity index (χ2v) is 5.72. The Labute approximate surface area is 126 Å². The van der Waals surface area contributed by atoms with Gasteiger partial charge in [0.2, 0.25) is 0 Å². The Kier molecular flexibility index (Phi) is 6.51. The van der Waals surface area contributed by atoms with Crippen molar-refractivity contribution in [1.29, 1.82) is 0 Å². The first-order chi connectivity index (χ1) is 9.40.